The number of fused-ring (bicyclic) bond motifs is 1. The van der Waals surface area contributed by atoms with Crippen molar-refractivity contribution in [3.8, 4) is 17.2 Å². The highest BCUT2D eigenvalue weighted by molar-refractivity contribution is 6.07. The molecule has 0 aliphatic heterocycles. The van der Waals surface area contributed by atoms with Crippen LogP contribution in [-0.4, -0.2) is 40.4 Å². The molecule has 0 radical (unpaired) electrons. The minimum Gasteiger partial charge on any atom is -0.457 e. The number of carbonyl (C=O) groups is 2. The van der Waals surface area contributed by atoms with Gasteiger partial charge in [-0.05, 0) is 37.1 Å². The van der Waals surface area contributed by atoms with Crippen molar-refractivity contribution >= 4 is 40.0 Å². The summed E-state index contributed by atoms with van der Waals surface area (Å²) in [6.07, 6.45) is 1.49. The van der Waals surface area contributed by atoms with Crippen LogP contribution in [0.15, 0.2) is 85.0 Å². The molecule has 0 bridgehead atoms. The number of hydrogen-bond acceptors (Lipinski definition) is 6. The molecule has 220 valence electrons. The molecule has 0 aliphatic carbocycles. The molecule has 0 unspecified atom stereocenters. The quantitative estimate of drug-likeness (QED) is 0.180. The van der Waals surface area contributed by atoms with Crippen molar-refractivity contribution < 1.29 is 28.7 Å². The van der Waals surface area contributed by atoms with E-state index in [2.05, 4.69) is 26.0 Å². The summed E-state index contributed by atoms with van der Waals surface area (Å²) >= 11 is 0. The van der Waals surface area contributed by atoms with Crippen molar-refractivity contribution in [3.63, 3.8) is 0 Å². The first-order valence-corrected chi connectivity index (χ1v) is 13.2. The predicted molar refractivity (Wildman–Crippen MR) is 168 cm³/mol. The molecular formula is C33H34N6O4. The second-order valence-corrected chi connectivity index (χ2v) is 10.5. The lowest BCUT2D eigenvalue weighted by Gasteiger charge is -2.14. The molecule has 43 heavy (non-hydrogen) atoms. The van der Waals surface area contributed by atoms with E-state index in [1.54, 1.807) is 42.5 Å². The van der Waals surface area contributed by atoms with Gasteiger partial charge in [0.25, 0.3) is 5.91 Å². The maximum atomic E-state index is 13.5. The molecule has 2 heterocycles. The molecule has 2 aromatic heterocycles. The summed E-state index contributed by atoms with van der Waals surface area (Å²) in [5.74, 6) is 0.802. The van der Waals surface area contributed by atoms with Gasteiger partial charge in [-0.3, -0.25) is 10.1 Å². The first-order chi connectivity index (χ1) is 23.5. The van der Waals surface area contributed by atoms with Crippen molar-refractivity contribution in [1.82, 2.24) is 14.8 Å². The number of nitrogens with zero attached hydrogens (tertiary/aromatic N) is 3. The molecule has 10 heteroatoms. The fraction of sp³-hybridized carbons (Fsp3) is 0.212. The SMILES string of the molecule is [2H]c1c([2H])c(C([2H])([2H])[2H])c([2H])c([2H])c1-n1nc(C(C)(C)C)cc1NC(=O)Nc1ccc(Oc2ccnc(NC(=O)COC)c2)c2ccccc12. The van der Waals surface area contributed by atoms with Crippen LogP contribution in [0.25, 0.3) is 16.5 Å². The van der Waals surface area contributed by atoms with Gasteiger partial charge in [0.1, 0.15) is 29.7 Å². The summed E-state index contributed by atoms with van der Waals surface area (Å²) in [6, 6.07) is 11.9. The van der Waals surface area contributed by atoms with Gasteiger partial charge in [0.15, 0.2) is 0 Å². The molecule has 10 nitrogen and oxygen atoms in total. The highest BCUT2D eigenvalue weighted by Gasteiger charge is 2.22. The van der Waals surface area contributed by atoms with Crippen LogP contribution in [-0.2, 0) is 14.9 Å². The largest absolute Gasteiger partial charge is 0.457 e. The Labute approximate surface area is 259 Å². The molecule has 5 rings (SSSR count). The molecule has 0 spiro atoms. The van der Waals surface area contributed by atoms with Gasteiger partial charge in [-0.1, -0.05) is 62.7 Å². The maximum absolute atomic E-state index is 13.5. The number of nitrogens with one attached hydrogen (secondary N) is 3. The summed E-state index contributed by atoms with van der Waals surface area (Å²) in [7, 11) is 1.41. The molecule has 3 aromatic carbocycles. The molecular weight excluding hydrogens is 544 g/mol. The van der Waals surface area contributed by atoms with E-state index in [1.165, 1.54) is 13.3 Å². The molecule has 3 amide bonds. The van der Waals surface area contributed by atoms with Crippen LogP contribution in [0.1, 0.15) is 41.6 Å². The van der Waals surface area contributed by atoms with E-state index in [9.17, 15) is 9.59 Å². The monoisotopic (exact) mass is 585 g/mol. The van der Waals surface area contributed by atoms with E-state index >= 15 is 0 Å². The standard InChI is InChI=1S/C33H34N6O4/c1-21-10-12-22(13-11-21)39-30(19-28(38-39)33(2,3)4)37-32(41)35-26-14-15-27(25-9-7-6-8-24(25)26)43-23-16-17-34-29(18-23)36-31(40)20-42-5/h6-19H,20H2,1-5H3,(H,34,36,40)(H2,35,37,41)/i1D3,10D,11D,12D,13D. The summed E-state index contributed by atoms with van der Waals surface area (Å²) in [5.41, 5.74) is -0.686. The number of aromatic nitrogens is 3. The van der Waals surface area contributed by atoms with Crippen molar-refractivity contribution in [2.45, 2.75) is 33.0 Å². The number of urea groups is 1. The highest BCUT2D eigenvalue weighted by atomic mass is 16.5. The first kappa shape index (κ1) is 21.5. The summed E-state index contributed by atoms with van der Waals surface area (Å²) in [4.78, 5) is 29.6. The molecule has 0 aliphatic rings. The van der Waals surface area contributed by atoms with Crippen LogP contribution >= 0.6 is 0 Å². The highest BCUT2D eigenvalue weighted by Crippen LogP contribution is 2.35. The third-order valence-corrected chi connectivity index (χ3v) is 6.18. The Morgan fingerprint density at radius 1 is 0.977 bits per heavy atom. The number of hydrogen-bond donors (Lipinski definition) is 3. The van der Waals surface area contributed by atoms with Crippen LogP contribution in [0.2, 0.25) is 0 Å². The lowest BCUT2D eigenvalue weighted by atomic mass is 9.92. The van der Waals surface area contributed by atoms with E-state index in [0.717, 1.165) is 4.68 Å². The summed E-state index contributed by atoms with van der Waals surface area (Å²) < 4.78 is 69.2. The summed E-state index contributed by atoms with van der Waals surface area (Å²) in [6.45, 7) is 2.60. The topological polar surface area (TPSA) is 119 Å². The Bertz CT molecular complexity index is 2080. The fourth-order valence-electron chi connectivity index (χ4n) is 4.14. The lowest BCUT2D eigenvalue weighted by molar-refractivity contribution is -0.119. The zero-order valence-corrected chi connectivity index (χ0v) is 24.0. The third kappa shape index (κ3) is 6.99. The van der Waals surface area contributed by atoms with Crippen molar-refractivity contribution in [3.05, 3.63) is 96.2 Å². The minimum atomic E-state index is -2.88. The van der Waals surface area contributed by atoms with Gasteiger partial charge >= 0.3 is 6.03 Å². The summed E-state index contributed by atoms with van der Waals surface area (Å²) in [5, 5.41) is 14.0. The van der Waals surface area contributed by atoms with Gasteiger partial charge in [-0.2, -0.15) is 5.10 Å². The number of amides is 3. The van der Waals surface area contributed by atoms with Gasteiger partial charge in [-0.15, -0.1) is 0 Å². The molecule has 0 saturated heterocycles. The number of carbonyl (C=O) groups excluding carboxylic acids is 2. The normalized spacial score (nSPS) is 13.9. The van der Waals surface area contributed by atoms with Gasteiger partial charge in [0, 0.05) is 45.7 Å². The number of ether oxygens (including phenoxy) is 2. The Kier molecular flexibility index (Phi) is 6.16. The zero-order chi connectivity index (χ0) is 36.5. The lowest BCUT2D eigenvalue weighted by Crippen LogP contribution is -2.21. The van der Waals surface area contributed by atoms with E-state index in [0.29, 0.717) is 33.7 Å². The van der Waals surface area contributed by atoms with Crippen LogP contribution in [0.5, 0.6) is 11.5 Å². The Morgan fingerprint density at radius 3 is 2.47 bits per heavy atom. The maximum Gasteiger partial charge on any atom is 0.324 e. The second-order valence-electron chi connectivity index (χ2n) is 10.5. The van der Waals surface area contributed by atoms with Crippen LogP contribution in [0, 0.1) is 6.85 Å². The van der Waals surface area contributed by atoms with E-state index in [-0.39, 0.29) is 29.8 Å². The molecule has 0 atom stereocenters. The van der Waals surface area contributed by atoms with Crippen LogP contribution in [0.3, 0.4) is 0 Å². The smallest absolute Gasteiger partial charge is 0.324 e. The predicted octanol–water partition coefficient (Wildman–Crippen LogP) is 7.05. The number of anilines is 3. The molecule has 0 fully saturated rings. The number of benzene rings is 3. The van der Waals surface area contributed by atoms with Crippen molar-refractivity contribution in [2.75, 3.05) is 29.7 Å². The number of pyridine rings is 1. The van der Waals surface area contributed by atoms with Crippen molar-refractivity contribution in [1.29, 1.82) is 0 Å². The van der Waals surface area contributed by atoms with E-state index in [1.807, 2.05) is 32.9 Å². The van der Waals surface area contributed by atoms with E-state index in [4.69, 9.17) is 19.1 Å². The van der Waals surface area contributed by atoms with Crippen LogP contribution in [0.4, 0.5) is 22.1 Å². The Morgan fingerprint density at radius 2 is 1.74 bits per heavy atom. The zero-order valence-electron chi connectivity index (χ0n) is 31.0. The average Bonchev–Trinajstić information content (AvgIpc) is 3.45. The van der Waals surface area contributed by atoms with Gasteiger partial charge in [-0.25, -0.2) is 14.5 Å². The van der Waals surface area contributed by atoms with Crippen molar-refractivity contribution in [2.24, 2.45) is 0 Å². The van der Waals surface area contributed by atoms with E-state index < -0.39 is 48.0 Å². The van der Waals surface area contributed by atoms with Gasteiger partial charge in [0.2, 0.25) is 0 Å². The fourth-order valence-corrected chi connectivity index (χ4v) is 4.14. The van der Waals surface area contributed by atoms with Gasteiger partial charge < -0.3 is 20.1 Å². The second kappa shape index (κ2) is 12.3. The Balaban J connectivity index is 1.46. The molecule has 0 saturated carbocycles. The molecule has 5 aromatic rings. The number of rotatable bonds is 8. The Hall–Kier alpha value is -5.22. The van der Waals surface area contributed by atoms with Gasteiger partial charge in [0.05, 0.1) is 22.6 Å². The average molecular weight is 586 g/mol. The minimum absolute atomic E-state index is 0.0326. The number of methoxy groups -OCH3 is 1. The third-order valence-electron chi connectivity index (χ3n) is 6.18. The van der Waals surface area contributed by atoms with Crippen LogP contribution < -0.4 is 20.7 Å². The molecule has 3 N–H and O–H groups in total. The first-order valence-electron chi connectivity index (χ1n) is 16.7.